The third kappa shape index (κ3) is 7.96. The molecule has 50 heavy (non-hydrogen) atoms. The number of anilines is 3. The number of benzene rings is 3. The first-order valence-corrected chi connectivity index (χ1v) is 16.4. The van der Waals surface area contributed by atoms with E-state index in [1.165, 1.54) is 7.11 Å². The number of carbonyl (C=O) groups is 2. The number of amides is 3. The Kier molecular flexibility index (Phi) is 10.2. The van der Waals surface area contributed by atoms with Crippen molar-refractivity contribution in [1.29, 1.82) is 0 Å². The molecule has 0 saturated carbocycles. The van der Waals surface area contributed by atoms with Crippen LogP contribution in [0.3, 0.4) is 0 Å². The zero-order valence-corrected chi connectivity index (χ0v) is 28.5. The Balaban J connectivity index is 1.21. The van der Waals surface area contributed by atoms with E-state index in [9.17, 15) is 14.7 Å². The zero-order valence-electron chi connectivity index (χ0n) is 28.5. The fourth-order valence-electron chi connectivity index (χ4n) is 5.86. The molecule has 4 N–H and O–H groups in total. The van der Waals surface area contributed by atoms with Crippen LogP contribution < -0.4 is 25.4 Å². The molecular formula is C37H41N7O6. The van der Waals surface area contributed by atoms with Gasteiger partial charge in [0.15, 0.2) is 5.75 Å². The molecule has 260 valence electrons. The smallest absolute Gasteiger partial charge is 0.409 e. The Morgan fingerprint density at radius 2 is 1.64 bits per heavy atom. The molecule has 0 spiro atoms. The maximum Gasteiger partial charge on any atom is 0.409 e. The number of morpholine rings is 1. The molecule has 5 aromatic rings. The summed E-state index contributed by atoms with van der Waals surface area (Å²) in [5.74, 6) is 1.41. The number of fused-ring (bicyclic) bond motifs is 1. The number of nitrogens with one attached hydrogen (secondary N) is 3. The summed E-state index contributed by atoms with van der Waals surface area (Å²) in [4.78, 5) is 36.3. The minimum atomic E-state index is -1.24. The van der Waals surface area contributed by atoms with E-state index in [1.54, 1.807) is 36.5 Å². The lowest BCUT2D eigenvalue weighted by Crippen LogP contribution is -2.38. The molecule has 0 bridgehead atoms. The zero-order chi connectivity index (χ0) is 35.3. The number of carboxylic acid groups (broad SMARTS) is 1. The fraction of sp³-hybridized carbons (Fsp3) is 0.297. The van der Waals surface area contributed by atoms with Crippen LogP contribution >= 0.6 is 0 Å². The van der Waals surface area contributed by atoms with Crippen LogP contribution in [-0.2, 0) is 16.7 Å². The van der Waals surface area contributed by atoms with E-state index in [-0.39, 0.29) is 16.9 Å². The number of rotatable bonds is 10. The highest BCUT2D eigenvalue weighted by molar-refractivity contribution is 6.08. The predicted octanol–water partition coefficient (Wildman–Crippen LogP) is 7.26. The molecule has 0 unspecified atom stereocenters. The summed E-state index contributed by atoms with van der Waals surface area (Å²) >= 11 is 0. The summed E-state index contributed by atoms with van der Waals surface area (Å²) in [5, 5.41) is 19.1. The third-order valence-electron chi connectivity index (χ3n) is 8.48. The standard InChI is InChI=1S/C37H41N7O6/c1-37(2,3)24-19-30(34(48-4)31(20-24)42-36(46)47)41-35(45)40-28-9-10-33(27-8-6-5-7-26(27)28)50-25-11-12-39-29(21-25)32-22-38-23-44(32)14-13-43-15-17-49-18-16-43/h5-12,19-23,42H,13-18H2,1-4H3,(H,46,47)(H2,40,41,45). The molecule has 0 aliphatic carbocycles. The maximum absolute atomic E-state index is 13.4. The molecule has 0 radical (unpaired) electrons. The lowest BCUT2D eigenvalue weighted by Gasteiger charge is -2.26. The van der Waals surface area contributed by atoms with Crippen LogP contribution in [0.5, 0.6) is 17.2 Å². The van der Waals surface area contributed by atoms with Gasteiger partial charge in [-0.1, -0.05) is 45.0 Å². The number of nitrogens with zero attached hydrogens (tertiary/aromatic N) is 4. The lowest BCUT2D eigenvalue weighted by molar-refractivity contribution is 0.0364. The first kappa shape index (κ1) is 34.2. The van der Waals surface area contributed by atoms with Crippen molar-refractivity contribution in [3.63, 3.8) is 0 Å². The summed E-state index contributed by atoms with van der Waals surface area (Å²) < 4.78 is 19.5. The van der Waals surface area contributed by atoms with Crippen LogP contribution in [0.2, 0.25) is 0 Å². The van der Waals surface area contributed by atoms with Crippen LogP contribution in [0.25, 0.3) is 22.2 Å². The van der Waals surface area contributed by atoms with Gasteiger partial charge in [-0.05, 0) is 41.3 Å². The van der Waals surface area contributed by atoms with Gasteiger partial charge in [-0.2, -0.15) is 0 Å². The van der Waals surface area contributed by atoms with Crippen molar-refractivity contribution < 1.29 is 28.9 Å². The minimum Gasteiger partial charge on any atom is -0.492 e. The van der Waals surface area contributed by atoms with Gasteiger partial charge in [0.2, 0.25) is 0 Å². The van der Waals surface area contributed by atoms with Crippen molar-refractivity contribution in [3.8, 4) is 28.6 Å². The molecule has 3 amide bonds. The van der Waals surface area contributed by atoms with Gasteiger partial charge in [0.25, 0.3) is 0 Å². The minimum absolute atomic E-state index is 0.195. The van der Waals surface area contributed by atoms with Gasteiger partial charge in [0, 0.05) is 49.2 Å². The van der Waals surface area contributed by atoms with E-state index in [0.29, 0.717) is 22.9 Å². The number of urea groups is 1. The van der Waals surface area contributed by atoms with Crippen molar-refractivity contribution in [2.24, 2.45) is 0 Å². The average molecular weight is 680 g/mol. The van der Waals surface area contributed by atoms with Crippen LogP contribution in [0, 0.1) is 0 Å². The highest BCUT2D eigenvalue weighted by Crippen LogP contribution is 2.39. The molecule has 1 aliphatic rings. The molecule has 13 heteroatoms. The van der Waals surface area contributed by atoms with Gasteiger partial charge in [-0.3, -0.25) is 15.2 Å². The highest BCUT2D eigenvalue weighted by atomic mass is 16.5. The van der Waals surface area contributed by atoms with Crippen LogP contribution in [0.1, 0.15) is 26.3 Å². The van der Waals surface area contributed by atoms with Crippen LogP contribution in [0.4, 0.5) is 26.7 Å². The van der Waals surface area contributed by atoms with E-state index in [2.05, 4.69) is 35.4 Å². The molecule has 6 rings (SSSR count). The summed E-state index contributed by atoms with van der Waals surface area (Å²) in [7, 11) is 1.42. The summed E-state index contributed by atoms with van der Waals surface area (Å²) in [5.41, 5.74) is 3.22. The largest absolute Gasteiger partial charge is 0.492 e. The van der Waals surface area contributed by atoms with Crippen molar-refractivity contribution >= 4 is 40.0 Å². The van der Waals surface area contributed by atoms with E-state index >= 15 is 0 Å². The highest BCUT2D eigenvalue weighted by Gasteiger charge is 2.22. The second-order valence-electron chi connectivity index (χ2n) is 12.9. The Hall–Kier alpha value is -5.66. The lowest BCUT2D eigenvalue weighted by atomic mass is 9.86. The molecule has 2 aromatic heterocycles. The van der Waals surface area contributed by atoms with Crippen molar-refractivity contribution in [2.75, 3.05) is 55.9 Å². The molecule has 1 saturated heterocycles. The number of hydrogen-bond donors (Lipinski definition) is 4. The molecule has 1 aliphatic heterocycles. The van der Waals surface area contributed by atoms with Crippen LogP contribution in [0.15, 0.2) is 79.4 Å². The van der Waals surface area contributed by atoms with E-state index in [4.69, 9.17) is 14.2 Å². The van der Waals surface area contributed by atoms with Gasteiger partial charge >= 0.3 is 12.1 Å². The number of methoxy groups -OCH3 is 1. The quantitative estimate of drug-likeness (QED) is 0.119. The van der Waals surface area contributed by atoms with Gasteiger partial charge in [0.05, 0.1) is 61.3 Å². The van der Waals surface area contributed by atoms with E-state index < -0.39 is 12.1 Å². The van der Waals surface area contributed by atoms with Gasteiger partial charge in [0.1, 0.15) is 11.5 Å². The summed E-state index contributed by atoms with van der Waals surface area (Å²) in [6.07, 6.45) is 4.11. The Morgan fingerprint density at radius 1 is 0.920 bits per heavy atom. The monoisotopic (exact) mass is 679 g/mol. The van der Waals surface area contributed by atoms with Gasteiger partial charge in [-0.25, -0.2) is 14.6 Å². The normalized spacial score (nSPS) is 13.5. The van der Waals surface area contributed by atoms with E-state index in [0.717, 1.165) is 67.1 Å². The molecule has 3 aromatic carbocycles. The van der Waals surface area contributed by atoms with Crippen molar-refractivity contribution in [2.45, 2.75) is 32.7 Å². The first-order chi connectivity index (χ1) is 24.1. The predicted molar refractivity (Wildman–Crippen MR) is 193 cm³/mol. The number of ether oxygens (including phenoxy) is 3. The van der Waals surface area contributed by atoms with E-state index in [1.807, 2.05) is 63.6 Å². The van der Waals surface area contributed by atoms with Gasteiger partial charge in [-0.15, -0.1) is 0 Å². The Morgan fingerprint density at radius 3 is 2.36 bits per heavy atom. The topological polar surface area (TPSA) is 152 Å². The molecule has 13 nitrogen and oxygen atoms in total. The number of aromatic nitrogens is 3. The van der Waals surface area contributed by atoms with Crippen LogP contribution in [-0.4, -0.2) is 76.6 Å². The number of carbonyl (C=O) groups excluding carboxylic acids is 1. The maximum atomic E-state index is 13.4. The molecule has 0 atom stereocenters. The SMILES string of the molecule is COc1c(NC(=O)O)cc(C(C)(C)C)cc1NC(=O)Nc1ccc(Oc2ccnc(-c3cncn3CCN3CCOCC3)c2)c2ccccc12. The van der Waals surface area contributed by atoms with Gasteiger partial charge < -0.3 is 34.5 Å². The second-order valence-corrected chi connectivity index (χ2v) is 12.9. The molecule has 1 fully saturated rings. The Bertz CT molecular complexity index is 2000. The van der Waals surface area contributed by atoms with Crippen molar-refractivity contribution in [1.82, 2.24) is 19.4 Å². The fourth-order valence-corrected chi connectivity index (χ4v) is 5.86. The number of hydrogen-bond acceptors (Lipinski definition) is 8. The van der Waals surface area contributed by atoms with Crippen molar-refractivity contribution in [3.05, 3.63) is 84.9 Å². The Labute approximate surface area is 290 Å². The molecule has 3 heterocycles. The second kappa shape index (κ2) is 14.8. The summed E-state index contributed by atoms with van der Waals surface area (Å²) in [6, 6.07) is 17.9. The average Bonchev–Trinajstić information content (AvgIpc) is 3.57. The summed E-state index contributed by atoms with van der Waals surface area (Å²) in [6.45, 7) is 11.0. The molecular weight excluding hydrogens is 638 g/mol. The third-order valence-corrected chi connectivity index (χ3v) is 8.48. The number of imidazole rings is 1. The first-order valence-electron chi connectivity index (χ1n) is 16.4. The number of pyridine rings is 1.